The minimum absolute atomic E-state index is 0.180. The van der Waals surface area contributed by atoms with Crippen LogP contribution in [0.5, 0.6) is 5.75 Å². The second-order valence-electron chi connectivity index (χ2n) is 6.17. The number of H-pyrrole nitrogens is 1. The Morgan fingerprint density at radius 2 is 1.74 bits per heavy atom. The number of amides is 1. The highest BCUT2D eigenvalue weighted by atomic mass is 79.9. The number of fused-ring (bicyclic) bond motifs is 1. The lowest BCUT2D eigenvalue weighted by molar-refractivity contribution is 0.102. The normalized spacial score (nSPS) is 10.7. The molecule has 3 aromatic carbocycles. The molecular weight excluding hydrogens is 404 g/mol. The smallest absolute Gasteiger partial charge is 0.272 e. The average Bonchev–Trinajstić information content (AvgIpc) is 3.12. The Bertz CT molecular complexity index is 1070. The molecule has 0 radical (unpaired) electrons. The lowest BCUT2D eigenvalue weighted by Crippen LogP contribution is -2.11. The average molecular weight is 421 g/mol. The molecule has 0 saturated heterocycles. The van der Waals surface area contributed by atoms with Crippen LogP contribution in [0.4, 0.5) is 5.69 Å². The molecule has 0 aliphatic carbocycles. The van der Waals surface area contributed by atoms with Crippen LogP contribution in [0.2, 0.25) is 0 Å². The molecule has 5 heteroatoms. The number of aromatic amines is 1. The minimum atomic E-state index is -0.180. The van der Waals surface area contributed by atoms with E-state index in [1.165, 1.54) is 0 Å². The van der Waals surface area contributed by atoms with Crippen LogP contribution in [-0.2, 0) is 6.61 Å². The van der Waals surface area contributed by atoms with E-state index < -0.39 is 0 Å². The Morgan fingerprint density at radius 3 is 2.52 bits per heavy atom. The van der Waals surface area contributed by atoms with Crippen molar-refractivity contribution >= 4 is 38.4 Å². The number of carbonyl (C=O) groups excluding carboxylic acids is 1. The van der Waals surface area contributed by atoms with Crippen LogP contribution < -0.4 is 10.1 Å². The number of hydrogen-bond acceptors (Lipinski definition) is 2. The van der Waals surface area contributed by atoms with Gasteiger partial charge in [0.15, 0.2) is 0 Å². The molecule has 4 rings (SSSR count). The fraction of sp³-hybridized carbons (Fsp3) is 0.0455. The van der Waals surface area contributed by atoms with E-state index in [1.807, 2.05) is 78.9 Å². The third kappa shape index (κ3) is 4.20. The van der Waals surface area contributed by atoms with Crippen LogP contribution in [0.1, 0.15) is 16.1 Å². The Balaban J connectivity index is 1.48. The maximum absolute atomic E-state index is 12.5. The van der Waals surface area contributed by atoms with Crippen LogP contribution in [0.25, 0.3) is 10.9 Å². The summed E-state index contributed by atoms with van der Waals surface area (Å²) in [5, 5.41) is 3.85. The number of hydrogen-bond donors (Lipinski definition) is 2. The van der Waals surface area contributed by atoms with Crippen LogP contribution in [-0.4, -0.2) is 10.9 Å². The number of ether oxygens (including phenoxy) is 1. The summed E-state index contributed by atoms with van der Waals surface area (Å²) in [6.07, 6.45) is 0. The molecule has 4 nitrogen and oxygen atoms in total. The predicted molar refractivity (Wildman–Crippen MR) is 111 cm³/mol. The second-order valence-corrected chi connectivity index (χ2v) is 7.08. The van der Waals surface area contributed by atoms with Gasteiger partial charge in [0, 0.05) is 27.1 Å². The quantitative estimate of drug-likeness (QED) is 0.431. The Labute approximate surface area is 165 Å². The molecule has 0 unspecified atom stereocenters. The number of aromatic nitrogens is 1. The van der Waals surface area contributed by atoms with Gasteiger partial charge < -0.3 is 15.0 Å². The van der Waals surface area contributed by atoms with E-state index in [1.54, 1.807) is 0 Å². The molecule has 4 aromatic rings. The van der Waals surface area contributed by atoms with Gasteiger partial charge in [-0.1, -0.05) is 46.3 Å². The van der Waals surface area contributed by atoms with Gasteiger partial charge in [-0.2, -0.15) is 0 Å². The number of carbonyl (C=O) groups is 1. The van der Waals surface area contributed by atoms with Gasteiger partial charge in [-0.3, -0.25) is 4.79 Å². The van der Waals surface area contributed by atoms with Gasteiger partial charge in [-0.15, -0.1) is 0 Å². The highest BCUT2D eigenvalue weighted by molar-refractivity contribution is 9.10. The summed E-state index contributed by atoms with van der Waals surface area (Å²) in [4.78, 5) is 15.6. The maximum atomic E-state index is 12.5. The topological polar surface area (TPSA) is 54.1 Å². The van der Waals surface area contributed by atoms with Crippen LogP contribution in [0.15, 0.2) is 83.3 Å². The molecule has 2 N–H and O–H groups in total. The number of halogens is 1. The first-order chi connectivity index (χ1) is 13.2. The third-order valence-corrected chi connectivity index (χ3v) is 4.72. The van der Waals surface area contributed by atoms with Crippen molar-refractivity contribution in [1.82, 2.24) is 4.98 Å². The fourth-order valence-electron chi connectivity index (χ4n) is 2.79. The van der Waals surface area contributed by atoms with Gasteiger partial charge in [0.1, 0.15) is 18.1 Å². The lowest BCUT2D eigenvalue weighted by atomic mass is 10.2. The zero-order valence-corrected chi connectivity index (χ0v) is 16.0. The molecule has 0 aliphatic heterocycles. The summed E-state index contributed by atoms with van der Waals surface area (Å²) in [6.45, 7) is 0.504. The zero-order chi connectivity index (χ0) is 18.6. The summed E-state index contributed by atoms with van der Waals surface area (Å²) < 4.78 is 6.82. The van der Waals surface area contributed by atoms with Crippen molar-refractivity contribution in [1.29, 1.82) is 0 Å². The van der Waals surface area contributed by atoms with Gasteiger partial charge >= 0.3 is 0 Å². The molecule has 0 bridgehead atoms. The highest BCUT2D eigenvalue weighted by Gasteiger charge is 2.10. The summed E-state index contributed by atoms with van der Waals surface area (Å²) in [5.41, 5.74) is 3.22. The monoisotopic (exact) mass is 420 g/mol. The van der Waals surface area contributed by atoms with Crippen molar-refractivity contribution in [3.8, 4) is 5.75 Å². The predicted octanol–water partition coefficient (Wildman–Crippen LogP) is 5.76. The van der Waals surface area contributed by atoms with Crippen LogP contribution in [0, 0.1) is 0 Å². The summed E-state index contributed by atoms with van der Waals surface area (Å²) in [6, 6.07) is 25.1. The van der Waals surface area contributed by atoms with Crippen molar-refractivity contribution in [3.63, 3.8) is 0 Å². The first kappa shape index (κ1) is 17.4. The van der Waals surface area contributed by atoms with Crippen molar-refractivity contribution in [2.45, 2.75) is 6.61 Å². The second kappa shape index (κ2) is 7.68. The van der Waals surface area contributed by atoms with E-state index >= 15 is 0 Å². The van der Waals surface area contributed by atoms with Crippen molar-refractivity contribution in [2.75, 3.05) is 5.32 Å². The van der Waals surface area contributed by atoms with Crippen molar-refractivity contribution in [3.05, 3.63) is 94.6 Å². The number of anilines is 1. The molecule has 0 fully saturated rings. The summed E-state index contributed by atoms with van der Waals surface area (Å²) in [7, 11) is 0. The molecule has 1 amide bonds. The molecule has 27 heavy (non-hydrogen) atoms. The van der Waals surface area contributed by atoms with E-state index in [0.29, 0.717) is 12.3 Å². The summed E-state index contributed by atoms with van der Waals surface area (Å²) >= 11 is 3.38. The molecule has 0 atom stereocenters. The van der Waals surface area contributed by atoms with Gasteiger partial charge in [0.05, 0.1) is 0 Å². The molecule has 134 valence electrons. The van der Waals surface area contributed by atoms with Crippen LogP contribution >= 0.6 is 15.9 Å². The Kier molecular flexibility index (Phi) is 4.94. The van der Waals surface area contributed by atoms with Gasteiger partial charge in [-0.05, 0) is 48.0 Å². The zero-order valence-electron chi connectivity index (χ0n) is 14.4. The van der Waals surface area contributed by atoms with E-state index in [2.05, 4.69) is 26.2 Å². The highest BCUT2D eigenvalue weighted by Crippen LogP contribution is 2.23. The molecule has 0 spiro atoms. The number of nitrogens with one attached hydrogen (secondary N) is 2. The Morgan fingerprint density at radius 1 is 0.963 bits per heavy atom. The molecule has 1 aromatic heterocycles. The number of benzene rings is 3. The molecule has 0 aliphatic rings. The standard InChI is InChI=1S/C22H17BrN2O2/c23-17-7-9-18(10-8-17)24-22(26)21-12-16-6-11-19(13-20(16)25-21)27-14-15-4-2-1-3-5-15/h1-13,25H,14H2,(H,24,26). The van der Waals surface area contributed by atoms with E-state index in [9.17, 15) is 4.79 Å². The minimum Gasteiger partial charge on any atom is -0.489 e. The molecule has 1 heterocycles. The van der Waals surface area contributed by atoms with Crippen molar-refractivity contribution < 1.29 is 9.53 Å². The Hall–Kier alpha value is -3.05. The number of rotatable bonds is 5. The van der Waals surface area contributed by atoms with E-state index in [-0.39, 0.29) is 5.91 Å². The van der Waals surface area contributed by atoms with Crippen molar-refractivity contribution in [2.24, 2.45) is 0 Å². The first-order valence-electron chi connectivity index (χ1n) is 8.54. The largest absolute Gasteiger partial charge is 0.489 e. The first-order valence-corrected chi connectivity index (χ1v) is 9.33. The van der Waals surface area contributed by atoms with Gasteiger partial charge in [0.25, 0.3) is 5.91 Å². The van der Waals surface area contributed by atoms with Gasteiger partial charge in [-0.25, -0.2) is 0 Å². The maximum Gasteiger partial charge on any atom is 0.272 e. The molecular formula is C22H17BrN2O2. The van der Waals surface area contributed by atoms with E-state index in [0.717, 1.165) is 32.4 Å². The lowest BCUT2D eigenvalue weighted by Gasteiger charge is -2.06. The van der Waals surface area contributed by atoms with E-state index in [4.69, 9.17) is 4.74 Å². The van der Waals surface area contributed by atoms with Crippen LogP contribution in [0.3, 0.4) is 0 Å². The summed E-state index contributed by atoms with van der Waals surface area (Å²) in [5.74, 6) is 0.577. The molecule has 0 saturated carbocycles. The SMILES string of the molecule is O=C(Nc1ccc(Br)cc1)c1cc2ccc(OCc3ccccc3)cc2[nH]1. The van der Waals surface area contributed by atoms with Gasteiger partial charge in [0.2, 0.25) is 0 Å². The third-order valence-electron chi connectivity index (χ3n) is 4.19. The fourth-order valence-corrected chi connectivity index (χ4v) is 3.06.